The number of benzene rings is 1. The predicted molar refractivity (Wildman–Crippen MR) is 91.3 cm³/mol. The van der Waals surface area contributed by atoms with Gasteiger partial charge in [-0.25, -0.2) is 0 Å². The van der Waals surface area contributed by atoms with E-state index < -0.39 is 0 Å². The molecule has 0 aromatic heterocycles. The molecular formula is C16H24ClN3O2. The molecule has 0 spiro atoms. The second-order valence-corrected chi connectivity index (χ2v) is 5.92. The van der Waals surface area contributed by atoms with Crippen LogP contribution in [-0.2, 0) is 9.59 Å². The van der Waals surface area contributed by atoms with E-state index in [1.165, 1.54) is 0 Å². The van der Waals surface area contributed by atoms with Gasteiger partial charge in [0.05, 0.1) is 0 Å². The third-order valence-electron chi connectivity index (χ3n) is 3.88. The van der Waals surface area contributed by atoms with Crippen molar-refractivity contribution in [1.82, 2.24) is 5.32 Å². The van der Waals surface area contributed by atoms with Crippen molar-refractivity contribution in [2.45, 2.75) is 20.8 Å². The second-order valence-electron chi connectivity index (χ2n) is 5.92. The van der Waals surface area contributed by atoms with Crippen LogP contribution in [0.25, 0.3) is 0 Å². The SMILES string of the molecule is CC(C)C(=O)Nc1ccc(NC(=O)C(C)C2CNC2)cc1.Cl. The lowest BCUT2D eigenvalue weighted by Crippen LogP contribution is -2.48. The molecular weight excluding hydrogens is 302 g/mol. The Labute approximate surface area is 137 Å². The maximum atomic E-state index is 12.1. The van der Waals surface area contributed by atoms with Gasteiger partial charge in [0.2, 0.25) is 11.8 Å². The smallest absolute Gasteiger partial charge is 0.227 e. The fourth-order valence-electron chi connectivity index (χ4n) is 2.06. The van der Waals surface area contributed by atoms with Crippen LogP contribution in [0, 0.1) is 17.8 Å². The molecule has 0 radical (unpaired) electrons. The Morgan fingerprint density at radius 2 is 1.45 bits per heavy atom. The van der Waals surface area contributed by atoms with E-state index in [1.54, 1.807) is 24.3 Å². The van der Waals surface area contributed by atoms with Crippen LogP contribution in [-0.4, -0.2) is 24.9 Å². The largest absolute Gasteiger partial charge is 0.326 e. The number of nitrogens with one attached hydrogen (secondary N) is 3. The van der Waals surface area contributed by atoms with Gasteiger partial charge in [-0.3, -0.25) is 9.59 Å². The molecule has 22 heavy (non-hydrogen) atoms. The standard InChI is InChI=1S/C16H23N3O2.ClH/c1-10(2)15(20)18-13-4-6-14(7-5-13)19-16(21)11(3)12-8-17-9-12;/h4-7,10-12,17H,8-9H2,1-3H3,(H,18,20)(H,19,21);1H. The second kappa shape index (κ2) is 8.15. The van der Waals surface area contributed by atoms with Crippen molar-refractivity contribution in [3.8, 4) is 0 Å². The molecule has 6 heteroatoms. The molecule has 1 aromatic carbocycles. The van der Waals surface area contributed by atoms with Crippen LogP contribution in [0.2, 0.25) is 0 Å². The molecule has 1 aromatic rings. The van der Waals surface area contributed by atoms with Gasteiger partial charge in [-0.05, 0) is 43.3 Å². The Bertz CT molecular complexity index is 513. The average molecular weight is 326 g/mol. The summed E-state index contributed by atoms with van der Waals surface area (Å²) in [5.74, 6) is 0.404. The summed E-state index contributed by atoms with van der Waals surface area (Å²) in [5, 5.41) is 8.91. The van der Waals surface area contributed by atoms with Crippen molar-refractivity contribution >= 4 is 35.6 Å². The van der Waals surface area contributed by atoms with E-state index in [4.69, 9.17) is 0 Å². The van der Waals surface area contributed by atoms with Gasteiger partial charge >= 0.3 is 0 Å². The summed E-state index contributed by atoms with van der Waals surface area (Å²) in [4.78, 5) is 23.7. The highest BCUT2D eigenvalue weighted by molar-refractivity contribution is 5.94. The summed E-state index contributed by atoms with van der Waals surface area (Å²) in [5.41, 5.74) is 1.49. The normalized spacial score (nSPS) is 15.5. The molecule has 1 unspecified atom stereocenters. The van der Waals surface area contributed by atoms with Crippen molar-refractivity contribution in [3.63, 3.8) is 0 Å². The molecule has 0 aliphatic carbocycles. The van der Waals surface area contributed by atoms with Crippen LogP contribution in [0.1, 0.15) is 20.8 Å². The monoisotopic (exact) mass is 325 g/mol. The van der Waals surface area contributed by atoms with Gasteiger partial charge in [-0.15, -0.1) is 12.4 Å². The van der Waals surface area contributed by atoms with E-state index in [-0.39, 0.29) is 36.1 Å². The molecule has 3 N–H and O–H groups in total. The van der Waals surface area contributed by atoms with E-state index in [1.807, 2.05) is 20.8 Å². The molecule has 122 valence electrons. The van der Waals surface area contributed by atoms with E-state index in [2.05, 4.69) is 16.0 Å². The van der Waals surface area contributed by atoms with Gasteiger partial charge in [0.15, 0.2) is 0 Å². The Hall–Kier alpha value is -1.59. The molecule has 1 heterocycles. The zero-order chi connectivity index (χ0) is 15.4. The van der Waals surface area contributed by atoms with E-state index >= 15 is 0 Å². The maximum Gasteiger partial charge on any atom is 0.227 e. The number of amides is 2. The third-order valence-corrected chi connectivity index (χ3v) is 3.88. The minimum Gasteiger partial charge on any atom is -0.326 e. The lowest BCUT2D eigenvalue weighted by molar-refractivity contribution is -0.121. The van der Waals surface area contributed by atoms with E-state index in [0.717, 1.165) is 24.5 Å². The molecule has 1 aliphatic rings. The van der Waals surface area contributed by atoms with Gasteiger partial charge in [-0.2, -0.15) is 0 Å². The van der Waals surface area contributed by atoms with Gasteiger partial charge in [0.25, 0.3) is 0 Å². The van der Waals surface area contributed by atoms with Gasteiger partial charge in [0.1, 0.15) is 0 Å². The predicted octanol–water partition coefficient (Wildman–Crippen LogP) is 2.50. The number of halogens is 1. The van der Waals surface area contributed by atoms with Crippen molar-refractivity contribution in [1.29, 1.82) is 0 Å². The highest BCUT2D eigenvalue weighted by atomic mass is 35.5. The first-order valence-electron chi connectivity index (χ1n) is 7.40. The van der Waals surface area contributed by atoms with Crippen molar-refractivity contribution in [2.24, 2.45) is 17.8 Å². The van der Waals surface area contributed by atoms with E-state index in [0.29, 0.717) is 5.92 Å². The fraction of sp³-hybridized carbons (Fsp3) is 0.500. The molecule has 5 nitrogen and oxygen atoms in total. The lowest BCUT2D eigenvalue weighted by atomic mass is 9.88. The molecule has 1 atom stereocenters. The molecule has 2 amide bonds. The number of rotatable bonds is 5. The van der Waals surface area contributed by atoms with Crippen LogP contribution in [0.5, 0.6) is 0 Å². The van der Waals surface area contributed by atoms with Crippen molar-refractivity contribution in [2.75, 3.05) is 23.7 Å². The highest BCUT2D eigenvalue weighted by Crippen LogP contribution is 2.19. The summed E-state index contributed by atoms with van der Waals surface area (Å²) < 4.78 is 0. The molecule has 1 fully saturated rings. The van der Waals surface area contributed by atoms with Crippen LogP contribution >= 0.6 is 12.4 Å². The molecule has 0 saturated carbocycles. The zero-order valence-electron chi connectivity index (χ0n) is 13.2. The summed E-state index contributed by atoms with van der Waals surface area (Å²) in [6, 6.07) is 7.20. The topological polar surface area (TPSA) is 70.2 Å². The number of anilines is 2. The van der Waals surface area contributed by atoms with Crippen molar-refractivity contribution < 1.29 is 9.59 Å². The third kappa shape index (κ3) is 4.71. The first-order valence-corrected chi connectivity index (χ1v) is 7.40. The Balaban J connectivity index is 0.00000242. The van der Waals surface area contributed by atoms with Crippen LogP contribution in [0.15, 0.2) is 24.3 Å². The number of carbonyl (C=O) groups is 2. The van der Waals surface area contributed by atoms with Crippen LogP contribution in [0.4, 0.5) is 11.4 Å². The summed E-state index contributed by atoms with van der Waals surface area (Å²) in [7, 11) is 0. The molecule has 0 bridgehead atoms. The van der Waals surface area contributed by atoms with Gasteiger partial charge < -0.3 is 16.0 Å². The first kappa shape index (κ1) is 18.5. The molecule has 1 saturated heterocycles. The Morgan fingerprint density at radius 3 is 1.82 bits per heavy atom. The maximum absolute atomic E-state index is 12.1. The first-order chi connectivity index (χ1) is 9.97. The van der Waals surface area contributed by atoms with Crippen LogP contribution < -0.4 is 16.0 Å². The molecule has 1 aliphatic heterocycles. The van der Waals surface area contributed by atoms with Gasteiger partial charge in [0, 0.05) is 23.2 Å². The quantitative estimate of drug-likeness (QED) is 0.779. The molecule has 2 rings (SSSR count). The van der Waals surface area contributed by atoms with Gasteiger partial charge in [-0.1, -0.05) is 20.8 Å². The summed E-state index contributed by atoms with van der Waals surface area (Å²) in [6.45, 7) is 7.48. The Morgan fingerprint density at radius 1 is 1.00 bits per heavy atom. The van der Waals surface area contributed by atoms with Crippen molar-refractivity contribution in [3.05, 3.63) is 24.3 Å². The highest BCUT2D eigenvalue weighted by Gasteiger charge is 2.28. The zero-order valence-corrected chi connectivity index (χ0v) is 14.0. The number of carbonyl (C=O) groups excluding carboxylic acids is 2. The average Bonchev–Trinajstić information content (AvgIpc) is 2.38. The van der Waals surface area contributed by atoms with E-state index in [9.17, 15) is 9.59 Å². The number of hydrogen-bond acceptors (Lipinski definition) is 3. The van der Waals surface area contributed by atoms with Crippen LogP contribution in [0.3, 0.4) is 0 Å². The fourth-order valence-corrected chi connectivity index (χ4v) is 2.06. The minimum atomic E-state index is -0.0543. The summed E-state index contributed by atoms with van der Waals surface area (Å²) in [6.07, 6.45) is 0. The Kier molecular flexibility index (Phi) is 6.84. The number of hydrogen-bond donors (Lipinski definition) is 3. The lowest BCUT2D eigenvalue weighted by Gasteiger charge is -2.31. The summed E-state index contributed by atoms with van der Waals surface area (Å²) >= 11 is 0. The minimum absolute atomic E-state index is 0.